The summed E-state index contributed by atoms with van der Waals surface area (Å²) >= 11 is 0. The van der Waals surface area contributed by atoms with Gasteiger partial charge in [-0.15, -0.1) is 0 Å². The lowest BCUT2D eigenvalue weighted by atomic mass is 10.1. The second-order valence-corrected chi connectivity index (χ2v) is 4.92. The van der Waals surface area contributed by atoms with Crippen molar-refractivity contribution in [3.63, 3.8) is 0 Å². The Morgan fingerprint density at radius 2 is 1.95 bits per heavy atom. The highest BCUT2D eigenvalue weighted by molar-refractivity contribution is 5.96. The van der Waals surface area contributed by atoms with Crippen LogP contribution in [-0.2, 0) is 27.2 Å². The summed E-state index contributed by atoms with van der Waals surface area (Å²) < 4.78 is 10.9. The van der Waals surface area contributed by atoms with Crippen LogP contribution in [0.1, 0.15) is 23.0 Å². The van der Waals surface area contributed by atoms with Gasteiger partial charge >= 0.3 is 11.9 Å². The summed E-state index contributed by atoms with van der Waals surface area (Å²) in [6.45, 7) is 1.96. The lowest BCUT2D eigenvalue weighted by Crippen LogP contribution is -2.28. The molecule has 2 rings (SSSR count). The number of hydrogen-bond donors (Lipinski definition) is 1. The van der Waals surface area contributed by atoms with Crippen LogP contribution in [0, 0.1) is 0 Å². The van der Waals surface area contributed by atoms with E-state index in [4.69, 9.17) is 4.74 Å². The van der Waals surface area contributed by atoms with Crippen LogP contribution in [0.5, 0.6) is 0 Å². The highest BCUT2D eigenvalue weighted by atomic mass is 16.5. The summed E-state index contributed by atoms with van der Waals surface area (Å²) in [5.74, 6) is -1.27. The van der Waals surface area contributed by atoms with Gasteiger partial charge in [0.25, 0.3) is 0 Å². The molecule has 1 N–H and O–H groups in total. The van der Waals surface area contributed by atoms with E-state index in [2.05, 4.69) is 4.74 Å². The maximum atomic E-state index is 11.9. The number of methoxy groups -OCH3 is 2. The van der Waals surface area contributed by atoms with Crippen molar-refractivity contribution in [1.29, 1.82) is 0 Å². The largest absolute Gasteiger partial charge is 0.467 e. The first kappa shape index (κ1) is 16.0. The fraction of sp³-hybridized carbons (Fsp3) is 0.375. The Bertz CT molecular complexity index is 704. The van der Waals surface area contributed by atoms with Crippen LogP contribution in [0.4, 0.5) is 0 Å². The first-order valence-corrected chi connectivity index (χ1v) is 6.98. The predicted molar refractivity (Wildman–Crippen MR) is 80.7 cm³/mol. The van der Waals surface area contributed by atoms with Gasteiger partial charge in [0.15, 0.2) is 6.10 Å². The molecule has 1 unspecified atom stereocenters. The third-order valence-electron chi connectivity index (χ3n) is 3.60. The Kier molecular flexibility index (Phi) is 4.82. The molecule has 1 aromatic heterocycles. The zero-order valence-corrected chi connectivity index (χ0v) is 12.8. The lowest BCUT2D eigenvalue weighted by Gasteiger charge is -2.13. The Hall–Kier alpha value is -2.34. The minimum absolute atomic E-state index is 0.0773. The second-order valence-electron chi connectivity index (χ2n) is 4.92. The van der Waals surface area contributed by atoms with Crippen LogP contribution in [0.3, 0.4) is 0 Å². The summed E-state index contributed by atoms with van der Waals surface area (Å²) in [6.07, 6.45) is -0.478. The molecule has 1 aromatic carbocycles. The van der Waals surface area contributed by atoms with E-state index in [9.17, 15) is 14.7 Å². The van der Waals surface area contributed by atoms with Gasteiger partial charge in [0.2, 0.25) is 0 Å². The third-order valence-corrected chi connectivity index (χ3v) is 3.60. The molecule has 0 saturated heterocycles. The van der Waals surface area contributed by atoms with Crippen molar-refractivity contribution in [2.75, 3.05) is 14.2 Å². The number of esters is 2. The highest BCUT2D eigenvalue weighted by Gasteiger charge is 2.22. The SMILES string of the molecule is CCc1ccc2c(c1)cc(C(=O)OC)n2CC(O)C(=O)OC. The monoisotopic (exact) mass is 305 g/mol. The highest BCUT2D eigenvalue weighted by Crippen LogP contribution is 2.23. The Morgan fingerprint density at radius 3 is 2.55 bits per heavy atom. The standard InChI is InChI=1S/C16H19NO5/c1-4-10-5-6-12-11(7-10)8-13(15(19)21-2)17(12)9-14(18)16(20)22-3/h5-8,14,18H,4,9H2,1-3H3. The number of aliphatic hydroxyl groups excluding tert-OH is 1. The van der Waals surface area contributed by atoms with Crippen LogP contribution in [0.25, 0.3) is 10.9 Å². The number of nitrogens with zero attached hydrogens (tertiary/aromatic N) is 1. The minimum Gasteiger partial charge on any atom is -0.467 e. The normalized spacial score (nSPS) is 12.2. The van der Waals surface area contributed by atoms with Crippen LogP contribution >= 0.6 is 0 Å². The molecule has 6 nitrogen and oxygen atoms in total. The first-order chi connectivity index (χ1) is 10.5. The van der Waals surface area contributed by atoms with Crippen LogP contribution in [0.15, 0.2) is 24.3 Å². The van der Waals surface area contributed by atoms with E-state index in [0.29, 0.717) is 0 Å². The van der Waals surface area contributed by atoms with E-state index < -0.39 is 18.0 Å². The molecule has 0 bridgehead atoms. The third kappa shape index (κ3) is 2.96. The van der Waals surface area contributed by atoms with E-state index in [1.165, 1.54) is 14.2 Å². The summed E-state index contributed by atoms with van der Waals surface area (Å²) in [5, 5.41) is 10.7. The molecule has 0 aliphatic heterocycles. The van der Waals surface area contributed by atoms with E-state index in [1.807, 2.05) is 25.1 Å². The molecule has 1 heterocycles. The number of hydrogen-bond acceptors (Lipinski definition) is 5. The number of rotatable bonds is 5. The van der Waals surface area contributed by atoms with Crippen molar-refractivity contribution in [3.05, 3.63) is 35.5 Å². The molecular formula is C16H19NO5. The van der Waals surface area contributed by atoms with E-state index in [1.54, 1.807) is 10.6 Å². The van der Waals surface area contributed by atoms with Gasteiger partial charge in [-0.1, -0.05) is 13.0 Å². The fourth-order valence-corrected chi connectivity index (χ4v) is 2.39. The molecule has 0 aliphatic carbocycles. The van der Waals surface area contributed by atoms with Crippen molar-refractivity contribution in [2.45, 2.75) is 26.0 Å². The lowest BCUT2D eigenvalue weighted by molar-refractivity contribution is -0.151. The van der Waals surface area contributed by atoms with Gasteiger partial charge in [-0.25, -0.2) is 9.59 Å². The first-order valence-electron chi connectivity index (χ1n) is 6.98. The van der Waals surface area contributed by atoms with Crippen molar-refractivity contribution < 1.29 is 24.2 Å². The smallest absolute Gasteiger partial charge is 0.354 e. The number of fused-ring (bicyclic) bond motifs is 1. The van der Waals surface area contributed by atoms with E-state index in [-0.39, 0.29) is 12.2 Å². The Balaban J connectivity index is 2.52. The number of ether oxygens (including phenoxy) is 2. The predicted octanol–water partition coefficient (Wildman–Crippen LogP) is 1.52. The Labute approximate surface area is 128 Å². The molecule has 0 radical (unpaired) electrons. The van der Waals surface area contributed by atoms with Gasteiger partial charge in [-0.2, -0.15) is 0 Å². The van der Waals surface area contributed by atoms with Gasteiger partial charge in [0.1, 0.15) is 5.69 Å². The van der Waals surface area contributed by atoms with Crippen molar-refractivity contribution in [1.82, 2.24) is 4.57 Å². The number of benzene rings is 1. The van der Waals surface area contributed by atoms with Gasteiger partial charge in [0.05, 0.1) is 20.8 Å². The quantitative estimate of drug-likeness (QED) is 0.848. The molecule has 118 valence electrons. The second kappa shape index (κ2) is 6.62. The van der Waals surface area contributed by atoms with E-state index >= 15 is 0 Å². The molecular weight excluding hydrogens is 286 g/mol. The molecule has 1 atom stereocenters. The van der Waals surface area contributed by atoms with Crippen molar-refractivity contribution in [3.8, 4) is 0 Å². The van der Waals surface area contributed by atoms with Crippen molar-refractivity contribution in [2.24, 2.45) is 0 Å². The number of carbonyl (C=O) groups is 2. The molecule has 0 aliphatic rings. The average Bonchev–Trinajstić information content (AvgIpc) is 2.90. The molecule has 2 aromatic rings. The van der Waals surface area contributed by atoms with Crippen LogP contribution < -0.4 is 0 Å². The summed E-state index contributed by atoms with van der Waals surface area (Å²) in [7, 11) is 2.49. The molecule has 0 spiro atoms. The van der Waals surface area contributed by atoms with Gasteiger partial charge in [-0.3, -0.25) is 0 Å². The molecule has 0 fully saturated rings. The van der Waals surface area contributed by atoms with E-state index in [0.717, 1.165) is 22.9 Å². The fourth-order valence-electron chi connectivity index (χ4n) is 2.39. The zero-order chi connectivity index (χ0) is 16.3. The molecule has 22 heavy (non-hydrogen) atoms. The molecule has 0 saturated carbocycles. The molecule has 6 heteroatoms. The Morgan fingerprint density at radius 1 is 1.23 bits per heavy atom. The van der Waals surface area contributed by atoms with Crippen molar-refractivity contribution >= 4 is 22.8 Å². The summed E-state index contributed by atoms with van der Waals surface area (Å²) in [5.41, 5.74) is 2.17. The number of carbonyl (C=O) groups excluding carboxylic acids is 2. The minimum atomic E-state index is -1.35. The maximum Gasteiger partial charge on any atom is 0.354 e. The number of aryl methyl sites for hydroxylation is 1. The number of aromatic nitrogens is 1. The summed E-state index contributed by atoms with van der Waals surface area (Å²) in [6, 6.07) is 7.49. The van der Waals surface area contributed by atoms with Gasteiger partial charge in [0, 0.05) is 10.9 Å². The average molecular weight is 305 g/mol. The van der Waals surface area contributed by atoms with Gasteiger partial charge < -0.3 is 19.1 Å². The van der Waals surface area contributed by atoms with Gasteiger partial charge in [-0.05, 0) is 30.2 Å². The van der Waals surface area contributed by atoms with Crippen LogP contribution in [0.2, 0.25) is 0 Å². The topological polar surface area (TPSA) is 77.8 Å². The maximum absolute atomic E-state index is 11.9. The summed E-state index contributed by atoms with van der Waals surface area (Å²) in [4.78, 5) is 23.4. The number of aliphatic hydroxyl groups is 1. The zero-order valence-electron chi connectivity index (χ0n) is 12.8. The molecule has 0 amide bonds. The van der Waals surface area contributed by atoms with Crippen LogP contribution in [-0.4, -0.2) is 41.9 Å².